The first-order valence-electron chi connectivity index (χ1n) is 7.08. The van der Waals surface area contributed by atoms with Crippen molar-refractivity contribution in [3.8, 4) is 11.1 Å². The van der Waals surface area contributed by atoms with Crippen LogP contribution < -0.4 is 5.56 Å². The minimum Gasteiger partial charge on any atom is -0.332 e. The largest absolute Gasteiger partial charge is 0.332 e. The van der Waals surface area contributed by atoms with Gasteiger partial charge in [-0.25, -0.2) is 0 Å². The van der Waals surface area contributed by atoms with Crippen molar-refractivity contribution < 1.29 is 0 Å². The average molecular weight is 294 g/mol. The molecule has 1 aliphatic rings. The molecule has 3 aromatic rings. The highest BCUT2D eigenvalue weighted by molar-refractivity contribution is 7.71. The first kappa shape index (κ1) is 12.5. The van der Waals surface area contributed by atoms with Gasteiger partial charge in [-0.05, 0) is 48.3 Å². The van der Waals surface area contributed by atoms with Gasteiger partial charge < -0.3 is 4.98 Å². The molecule has 104 valence electrons. The molecule has 4 heteroatoms. The molecule has 3 nitrogen and oxygen atoms in total. The molecule has 1 aliphatic carbocycles. The van der Waals surface area contributed by atoms with E-state index < -0.39 is 0 Å². The number of benzene rings is 2. The normalized spacial score (nSPS) is 14.5. The Morgan fingerprint density at radius 1 is 1.05 bits per heavy atom. The molecule has 0 aliphatic heterocycles. The molecule has 0 bridgehead atoms. The van der Waals surface area contributed by atoms with Crippen LogP contribution in [0.3, 0.4) is 0 Å². The lowest BCUT2D eigenvalue weighted by Gasteiger charge is -2.08. The Balaban J connectivity index is 1.99. The monoisotopic (exact) mass is 294 g/mol. The standard InChI is InChI=1S/C17H14N2OS/c20-16-14-10-12(11-4-2-1-3-5-11)6-9-15(14)18-17(21)19(16)13-7-8-13/h1-6,9-10,13H,7-8H2,(H,18,21). The van der Waals surface area contributed by atoms with Gasteiger partial charge >= 0.3 is 0 Å². The molecule has 0 radical (unpaired) electrons. The molecule has 1 aromatic heterocycles. The van der Waals surface area contributed by atoms with Crippen LogP contribution in [-0.4, -0.2) is 9.55 Å². The van der Waals surface area contributed by atoms with E-state index in [1.165, 1.54) is 0 Å². The number of hydrogen-bond acceptors (Lipinski definition) is 2. The third-order valence-electron chi connectivity index (χ3n) is 3.95. The SMILES string of the molecule is O=c1c2cc(-c3ccccc3)ccc2[nH]c(=S)n1C1CC1. The molecule has 2 aromatic carbocycles. The van der Waals surface area contributed by atoms with E-state index in [1.54, 1.807) is 4.57 Å². The molecular weight excluding hydrogens is 280 g/mol. The predicted molar refractivity (Wildman–Crippen MR) is 87.1 cm³/mol. The van der Waals surface area contributed by atoms with Crippen molar-refractivity contribution in [3.05, 3.63) is 63.7 Å². The lowest BCUT2D eigenvalue weighted by Crippen LogP contribution is -2.21. The fourth-order valence-corrected chi connectivity index (χ4v) is 3.04. The molecule has 0 amide bonds. The minimum absolute atomic E-state index is 0.0223. The van der Waals surface area contributed by atoms with Crippen molar-refractivity contribution in [2.75, 3.05) is 0 Å². The molecule has 1 heterocycles. The second-order valence-corrected chi connectivity index (χ2v) is 5.85. The number of nitrogens with zero attached hydrogens (tertiary/aromatic N) is 1. The van der Waals surface area contributed by atoms with Gasteiger partial charge in [0.1, 0.15) is 0 Å². The maximum Gasteiger partial charge on any atom is 0.262 e. The van der Waals surface area contributed by atoms with E-state index in [2.05, 4.69) is 4.98 Å². The summed E-state index contributed by atoms with van der Waals surface area (Å²) in [7, 11) is 0. The van der Waals surface area contributed by atoms with E-state index in [-0.39, 0.29) is 11.6 Å². The van der Waals surface area contributed by atoms with Crippen LogP contribution in [-0.2, 0) is 0 Å². The van der Waals surface area contributed by atoms with Crippen molar-refractivity contribution in [1.29, 1.82) is 0 Å². The molecule has 21 heavy (non-hydrogen) atoms. The van der Waals surface area contributed by atoms with Gasteiger partial charge in [-0.1, -0.05) is 36.4 Å². The summed E-state index contributed by atoms with van der Waals surface area (Å²) in [5.41, 5.74) is 2.99. The number of fused-ring (bicyclic) bond motifs is 1. The molecule has 0 atom stereocenters. The maximum atomic E-state index is 12.7. The quantitative estimate of drug-likeness (QED) is 0.724. The second kappa shape index (κ2) is 4.67. The Hall–Kier alpha value is -2.20. The summed E-state index contributed by atoms with van der Waals surface area (Å²) in [4.78, 5) is 15.9. The van der Waals surface area contributed by atoms with Crippen LogP contribution in [0.5, 0.6) is 0 Å². The summed E-state index contributed by atoms with van der Waals surface area (Å²) >= 11 is 5.32. The molecule has 4 rings (SSSR count). The van der Waals surface area contributed by atoms with Crippen molar-refractivity contribution in [2.45, 2.75) is 18.9 Å². The van der Waals surface area contributed by atoms with Gasteiger partial charge in [0, 0.05) is 6.04 Å². The highest BCUT2D eigenvalue weighted by Gasteiger charge is 2.26. The Kier molecular flexibility index (Phi) is 2.79. The summed E-state index contributed by atoms with van der Waals surface area (Å²) in [6, 6.07) is 16.3. The van der Waals surface area contributed by atoms with Crippen molar-refractivity contribution in [2.24, 2.45) is 0 Å². The number of aromatic nitrogens is 2. The Morgan fingerprint density at radius 3 is 2.52 bits per heavy atom. The smallest absolute Gasteiger partial charge is 0.262 e. The van der Waals surface area contributed by atoms with Gasteiger partial charge in [0.2, 0.25) is 0 Å². The van der Waals surface area contributed by atoms with Gasteiger partial charge in [0.15, 0.2) is 4.77 Å². The molecule has 1 fully saturated rings. The molecule has 0 saturated heterocycles. The van der Waals surface area contributed by atoms with E-state index in [0.29, 0.717) is 10.2 Å². The zero-order valence-electron chi connectivity index (χ0n) is 11.4. The summed E-state index contributed by atoms with van der Waals surface area (Å²) in [6.07, 6.45) is 2.09. The first-order valence-corrected chi connectivity index (χ1v) is 7.49. The first-order chi connectivity index (χ1) is 10.2. The summed E-state index contributed by atoms with van der Waals surface area (Å²) in [5, 5.41) is 0.705. The summed E-state index contributed by atoms with van der Waals surface area (Å²) in [5.74, 6) is 0. The van der Waals surface area contributed by atoms with Gasteiger partial charge in [-0.3, -0.25) is 9.36 Å². The van der Waals surface area contributed by atoms with Gasteiger partial charge in [-0.15, -0.1) is 0 Å². The predicted octanol–water partition coefficient (Wildman–Crippen LogP) is 4.06. The van der Waals surface area contributed by atoms with Crippen LogP contribution >= 0.6 is 12.2 Å². The highest BCUT2D eigenvalue weighted by Crippen LogP contribution is 2.34. The van der Waals surface area contributed by atoms with E-state index in [0.717, 1.165) is 29.5 Å². The van der Waals surface area contributed by atoms with E-state index in [9.17, 15) is 4.79 Å². The third-order valence-corrected chi connectivity index (χ3v) is 4.25. The highest BCUT2D eigenvalue weighted by atomic mass is 32.1. The number of hydrogen-bond donors (Lipinski definition) is 1. The summed E-state index contributed by atoms with van der Waals surface area (Å²) < 4.78 is 2.26. The van der Waals surface area contributed by atoms with E-state index >= 15 is 0 Å². The number of aromatic amines is 1. The van der Waals surface area contributed by atoms with E-state index in [4.69, 9.17) is 12.2 Å². The fraction of sp³-hybridized carbons (Fsp3) is 0.176. The average Bonchev–Trinajstić information content (AvgIpc) is 3.33. The zero-order chi connectivity index (χ0) is 14.4. The molecule has 1 N–H and O–H groups in total. The third kappa shape index (κ3) is 2.12. The Morgan fingerprint density at radius 2 is 1.81 bits per heavy atom. The van der Waals surface area contributed by atoms with Gasteiger partial charge in [0.25, 0.3) is 5.56 Å². The molecule has 0 spiro atoms. The van der Waals surface area contributed by atoms with E-state index in [1.807, 2.05) is 48.5 Å². The van der Waals surface area contributed by atoms with Crippen LogP contribution in [0.15, 0.2) is 53.3 Å². The minimum atomic E-state index is 0.0223. The Labute approximate surface area is 126 Å². The molecular formula is C17H14N2OS. The molecule has 0 unspecified atom stereocenters. The van der Waals surface area contributed by atoms with Crippen LogP contribution in [0.25, 0.3) is 22.0 Å². The van der Waals surface area contributed by atoms with Crippen LogP contribution in [0.2, 0.25) is 0 Å². The zero-order valence-corrected chi connectivity index (χ0v) is 12.2. The summed E-state index contributed by atoms with van der Waals surface area (Å²) in [6.45, 7) is 0. The van der Waals surface area contributed by atoms with Crippen molar-refractivity contribution >= 4 is 23.1 Å². The topological polar surface area (TPSA) is 37.8 Å². The maximum absolute atomic E-state index is 12.7. The van der Waals surface area contributed by atoms with Gasteiger partial charge in [0.05, 0.1) is 10.9 Å². The van der Waals surface area contributed by atoms with Crippen molar-refractivity contribution in [1.82, 2.24) is 9.55 Å². The van der Waals surface area contributed by atoms with Crippen LogP contribution in [0, 0.1) is 4.77 Å². The number of nitrogens with one attached hydrogen (secondary N) is 1. The van der Waals surface area contributed by atoms with Crippen LogP contribution in [0.4, 0.5) is 0 Å². The second-order valence-electron chi connectivity index (χ2n) is 5.46. The Bertz CT molecular complexity index is 936. The van der Waals surface area contributed by atoms with Crippen molar-refractivity contribution in [3.63, 3.8) is 0 Å². The fourth-order valence-electron chi connectivity index (χ4n) is 2.70. The number of rotatable bonds is 2. The molecule has 1 saturated carbocycles. The lowest BCUT2D eigenvalue weighted by atomic mass is 10.0. The van der Waals surface area contributed by atoms with Gasteiger partial charge in [-0.2, -0.15) is 0 Å². The van der Waals surface area contributed by atoms with Crippen LogP contribution in [0.1, 0.15) is 18.9 Å². The number of H-pyrrole nitrogens is 1. The lowest BCUT2D eigenvalue weighted by molar-refractivity contribution is 0.686.